The Balaban J connectivity index is 0.000000751. The number of methoxy groups -OCH3 is 1. The summed E-state index contributed by atoms with van der Waals surface area (Å²) in [6.07, 6.45) is 3.44. The molecule has 0 radical (unpaired) electrons. The van der Waals surface area contributed by atoms with Crippen LogP contribution in [0.25, 0.3) is 6.08 Å². The zero-order chi connectivity index (χ0) is 23.9. The fourth-order valence-electron chi connectivity index (χ4n) is 2.34. The minimum Gasteiger partial charge on any atom is -0.755 e. The van der Waals surface area contributed by atoms with Crippen LogP contribution in [0, 0.1) is 11.3 Å². The minimum absolute atomic E-state index is 0.0424. The van der Waals surface area contributed by atoms with Gasteiger partial charge in [0.05, 0.1) is 28.9 Å². The Labute approximate surface area is 195 Å². The number of ether oxygens (including phenoxy) is 3. The van der Waals surface area contributed by atoms with Gasteiger partial charge in [0.25, 0.3) is 0 Å². The Morgan fingerprint density at radius 1 is 1.31 bits per heavy atom. The minimum atomic E-state index is -2.48. The molecule has 0 aromatic heterocycles. The van der Waals surface area contributed by atoms with E-state index in [2.05, 4.69) is 10.8 Å². The van der Waals surface area contributed by atoms with Gasteiger partial charge in [-0.25, -0.2) is 0 Å². The third-order valence-corrected chi connectivity index (χ3v) is 4.68. The van der Waals surface area contributed by atoms with Crippen molar-refractivity contribution in [3.63, 3.8) is 0 Å². The van der Waals surface area contributed by atoms with Gasteiger partial charge in [0.15, 0.2) is 6.79 Å². The van der Waals surface area contributed by atoms with Crippen molar-refractivity contribution >= 4 is 40.6 Å². The van der Waals surface area contributed by atoms with Gasteiger partial charge in [-0.15, -0.1) is 0 Å². The molecule has 0 heterocycles. The highest BCUT2D eigenvalue weighted by Crippen LogP contribution is 2.30. The van der Waals surface area contributed by atoms with Crippen molar-refractivity contribution < 1.29 is 27.8 Å². The number of nitriles is 1. The van der Waals surface area contributed by atoms with Gasteiger partial charge in [-0.3, -0.25) is 13.3 Å². The second kappa shape index (κ2) is 15.0. The second-order valence-corrected chi connectivity index (χ2v) is 7.29. The molecule has 1 atom stereocenters. The molecule has 1 unspecified atom stereocenters. The van der Waals surface area contributed by atoms with Gasteiger partial charge >= 0.3 is 5.97 Å². The Hall–Kier alpha value is -2.90. The van der Waals surface area contributed by atoms with E-state index in [1.165, 1.54) is 20.1 Å². The zero-order valence-electron chi connectivity index (χ0n) is 17.9. The molecule has 172 valence electrons. The zero-order valence-corrected chi connectivity index (χ0v) is 19.5. The first kappa shape index (κ1) is 27.1. The predicted octanol–water partition coefficient (Wildman–Crippen LogP) is 4.08. The highest BCUT2D eigenvalue weighted by Gasteiger charge is 2.09. The number of anilines is 1. The lowest BCUT2D eigenvalue weighted by Gasteiger charge is -2.25. The maximum atomic E-state index is 11.6. The average Bonchev–Trinajstić information content (AvgIpc) is 2.76. The van der Waals surface area contributed by atoms with Crippen molar-refractivity contribution in [2.45, 2.75) is 13.8 Å². The molecule has 0 saturated carbocycles. The largest absolute Gasteiger partial charge is 0.755 e. The van der Waals surface area contributed by atoms with Crippen LogP contribution in [0.4, 0.5) is 5.69 Å². The van der Waals surface area contributed by atoms with Crippen molar-refractivity contribution in [3.05, 3.63) is 64.7 Å². The number of benzene rings is 2. The van der Waals surface area contributed by atoms with Gasteiger partial charge in [0.1, 0.15) is 5.75 Å². The Kier molecular flexibility index (Phi) is 12.7. The summed E-state index contributed by atoms with van der Waals surface area (Å²) in [7, 11) is 1.49. The van der Waals surface area contributed by atoms with Crippen LogP contribution in [0.15, 0.2) is 48.5 Å². The molecule has 32 heavy (non-hydrogen) atoms. The van der Waals surface area contributed by atoms with E-state index in [4.69, 9.17) is 26.3 Å². The number of halogens is 1. The van der Waals surface area contributed by atoms with Gasteiger partial charge < -0.3 is 18.8 Å². The molecular weight excluding hydrogens is 456 g/mol. The predicted molar refractivity (Wildman–Crippen MR) is 123 cm³/mol. The molecule has 10 heteroatoms. The maximum absolute atomic E-state index is 11.6. The van der Waals surface area contributed by atoms with Crippen LogP contribution in [0.2, 0.25) is 5.02 Å². The molecule has 2 rings (SSSR count). The lowest BCUT2D eigenvalue weighted by Crippen LogP contribution is -2.25. The summed E-state index contributed by atoms with van der Waals surface area (Å²) in [4.78, 5) is 9.82. The molecule has 0 spiro atoms. The number of hydrogen-bond donors (Lipinski definition) is 0. The van der Waals surface area contributed by atoms with Crippen LogP contribution in [0.5, 0.6) is 5.75 Å². The van der Waals surface area contributed by atoms with E-state index in [0.29, 0.717) is 23.6 Å². The van der Waals surface area contributed by atoms with E-state index in [1.54, 1.807) is 49.4 Å². The molecule has 0 amide bonds. The first-order valence-electron chi connectivity index (χ1n) is 9.40. The van der Waals surface area contributed by atoms with Crippen molar-refractivity contribution in [1.82, 2.24) is 0 Å². The third-order valence-electron chi connectivity index (χ3n) is 3.66. The van der Waals surface area contributed by atoms with Crippen molar-refractivity contribution in [3.8, 4) is 11.8 Å². The molecule has 0 bridgehead atoms. The van der Waals surface area contributed by atoms with E-state index < -0.39 is 11.3 Å². The smallest absolute Gasteiger partial charge is 0.302 e. The van der Waals surface area contributed by atoms with Crippen LogP contribution < -0.4 is 9.04 Å². The first-order valence-corrected chi connectivity index (χ1v) is 10.8. The second-order valence-electron chi connectivity index (χ2n) is 6.01. The monoisotopic (exact) mass is 479 g/mol. The van der Waals surface area contributed by atoms with E-state index in [1.807, 2.05) is 6.07 Å². The lowest BCUT2D eigenvalue weighted by molar-refractivity contribution is -0.140. The van der Waals surface area contributed by atoms with Crippen LogP contribution in [0.3, 0.4) is 0 Å². The third kappa shape index (κ3) is 9.94. The first-order chi connectivity index (χ1) is 15.3. The maximum Gasteiger partial charge on any atom is 0.302 e. The molecule has 0 aliphatic carbocycles. The fourth-order valence-corrected chi connectivity index (χ4v) is 3.06. The van der Waals surface area contributed by atoms with Crippen LogP contribution >= 0.6 is 11.6 Å². The number of esters is 1. The van der Waals surface area contributed by atoms with Gasteiger partial charge in [-0.2, -0.15) is 5.26 Å². The Bertz CT molecular complexity index is 977. The molecule has 2 aromatic carbocycles. The average molecular weight is 480 g/mol. The molecule has 0 saturated heterocycles. The Morgan fingerprint density at radius 3 is 2.59 bits per heavy atom. The van der Waals surface area contributed by atoms with Gasteiger partial charge in [-0.05, 0) is 42.8 Å². The SMILES string of the molecule is CCOC(C)=O.COCOc1ccc(N(C/C=C/c2cccc(C#N)c2)S(=O)[O-])cc1Cl. The van der Waals surface area contributed by atoms with Crippen molar-refractivity contribution in [2.75, 3.05) is 31.4 Å². The normalized spacial score (nSPS) is 11.1. The van der Waals surface area contributed by atoms with Crippen molar-refractivity contribution in [2.24, 2.45) is 0 Å². The van der Waals surface area contributed by atoms with Gasteiger partial charge in [0, 0.05) is 31.8 Å². The van der Waals surface area contributed by atoms with Crippen LogP contribution in [0.1, 0.15) is 25.0 Å². The summed E-state index contributed by atoms with van der Waals surface area (Å²) < 4.78 is 38.8. The van der Waals surface area contributed by atoms with E-state index in [0.717, 1.165) is 9.87 Å². The summed E-state index contributed by atoms with van der Waals surface area (Å²) in [5.74, 6) is 0.190. The molecule has 0 fully saturated rings. The van der Waals surface area contributed by atoms with E-state index >= 15 is 0 Å². The molecule has 8 nitrogen and oxygen atoms in total. The summed E-state index contributed by atoms with van der Waals surface area (Å²) in [5, 5.41) is 9.18. The molecule has 0 aliphatic heterocycles. The Morgan fingerprint density at radius 2 is 2.06 bits per heavy atom. The molecular formula is C22H24ClN2O6S-. The molecule has 0 aliphatic rings. The van der Waals surface area contributed by atoms with Crippen molar-refractivity contribution in [1.29, 1.82) is 5.26 Å². The highest BCUT2D eigenvalue weighted by atomic mass is 35.5. The van der Waals surface area contributed by atoms with Crippen LogP contribution in [-0.2, 0) is 25.5 Å². The van der Waals surface area contributed by atoms with Gasteiger partial charge in [-0.1, -0.05) is 35.9 Å². The molecule has 0 N–H and O–H groups in total. The topological polar surface area (TPSA) is 112 Å². The summed E-state index contributed by atoms with van der Waals surface area (Å²) in [6, 6.07) is 13.7. The number of carbonyl (C=O) groups excluding carboxylic acids is 1. The number of hydrogen-bond acceptors (Lipinski definition) is 7. The standard InChI is InChI=1S/C18H17ClN2O4S.C4H8O2/c1-24-13-25-18-8-7-16(11-17(18)19)21(26(22)23)9-3-6-14-4-2-5-15(10-14)12-20;1-3-6-4(2)5/h2-8,10-11H,9,13H2,1H3,(H,22,23);3H2,1-2H3/p-1/b6-3+;. The lowest BCUT2D eigenvalue weighted by atomic mass is 10.1. The number of nitrogens with zero attached hydrogens (tertiary/aromatic N) is 2. The highest BCUT2D eigenvalue weighted by molar-refractivity contribution is 7.80. The summed E-state index contributed by atoms with van der Waals surface area (Å²) in [5.41, 5.74) is 1.75. The fraction of sp³-hybridized carbons (Fsp3) is 0.273. The molecule has 2 aromatic rings. The summed E-state index contributed by atoms with van der Waals surface area (Å²) >= 11 is 3.64. The van der Waals surface area contributed by atoms with E-state index in [-0.39, 0.29) is 24.3 Å². The number of rotatable bonds is 9. The quantitative estimate of drug-likeness (QED) is 0.302. The number of carbonyl (C=O) groups is 1. The van der Waals surface area contributed by atoms with E-state index in [9.17, 15) is 13.6 Å². The van der Waals surface area contributed by atoms with Crippen LogP contribution in [-0.4, -0.2) is 41.8 Å². The summed E-state index contributed by atoms with van der Waals surface area (Å²) in [6.45, 7) is 3.81. The van der Waals surface area contributed by atoms with Gasteiger partial charge in [0.2, 0.25) is 0 Å².